The van der Waals surface area contributed by atoms with Crippen molar-refractivity contribution in [3.8, 4) is 0 Å². The summed E-state index contributed by atoms with van der Waals surface area (Å²) in [6.07, 6.45) is 1.76. The van der Waals surface area contributed by atoms with Gasteiger partial charge in [-0.25, -0.2) is 4.98 Å². The Morgan fingerprint density at radius 3 is 3.08 bits per heavy atom. The fourth-order valence-electron chi connectivity index (χ4n) is 1.02. The van der Waals surface area contributed by atoms with Crippen LogP contribution in [0.3, 0.4) is 0 Å². The first-order chi connectivity index (χ1) is 5.79. The van der Waals surface area contributed by atoms with Gasteiger partial charge in [0, 0.05) is 23.0 Å². The van der Waals surface area contributed by atoms with Crippen LogP contribution in [0, 0.1) is 0 Å². The van der Waals surface area contributed by atoms with Crippen molar-refractivity contribution in [2.24, 2.45) is 0 Å². The molecular weight excluding hydrogens is 241 g/mol. The van der Waals surface area contributed by atoms with Crippen molar-refractivity contribution in [2.75, 3.05) is 0 Å². The van der Waals surface area contributed by atoms with E-state index >= 15 is 0 Å². The smallest absolute Gasteiger partial charge is 0.227 e. The largest absolute Gasteiger partial charge is 0.426 e. The molecule has 0 saturated carbocycles. The minimum Gasteiger partial charge on any atom is -0.426 e. The van der Waals surface area contributed by atoms with Gasteiger partial charge in [-0.2, -0.15) is 0 Å². The van der Waals surface area contributed by atoms with Crippen molar-refractivity contribution in [1.29, 1.82) is 0 Å². The summed E-state index contributed by atoms with van der Waals surface area (Å²) in [5.74, 6) is 0. The first-order valence-corrected chi connectivity index (χ1v) is 4.89. The summed E-state index contributed by atoms with van der Waals surface area (Å²) in [5.41, 5.74) is 1.70. The average Bonchev–Trinajstić information content (AvgIpc) is 2.43. The molecule has 62 valence electrons. The van der Waals surface area contributed by atoms with E-state index in [4.69, 9.17) is 16.0 Å². The van der Waals surface area contributed by atoms with E-state index in [1.165, 1.54) is 0 Å². The minimum absolute atomic E-state index is 0.379. The number of pyridine rings is 1. The normalized spacial score (nSPS) is 10.8. The van der Waals surface area contributed by atoms with E-state index in [0.717, 1.165) is 16.3 Å². The molecule has 4 heteroatoms. The second kappa shape index (κ2) is 3.07. The van der Waals surface area contributed by atoms with Crippen LogP contribution in [0.4, 0.5) is 0 Å². The molecule has 0 amide bonds. The summed E-state index contributed by atoms with van der Waals surface area (Å²) in [4.78, 5) is 4.09. The molecule has 0 bridgehead atoms. The fraction of sp³-hybridized carbons (Fsp3) is 0.125. The Bertz CT molecular complexity index is 412. The first kappa shape index (κ1) is 8.08. The highest BCUT2D eigenvalue weighted by Crippen LogP contribution is 2.22. The number of furan rings is 1. The first-order valence-electron chi connectivity index (χ1n) is 3.39. The van der Waals surface area contributed by atoms with Crippen LogP contribution in [-0.2, 0) is 5.33 Å². The maximum atomic E-state index is 5.66. The molecule has 12 heavy (non-hydrogen) atoms. The van der Waals surface area contributed by atoms with Gasteiger partial charge in [-0.1, -0.05) is 15.9 Å². The van der Waals surface area contributed by atoms with Gasteiger partial charge >= 0.3 is 0 Å². The summed E-state index contributed by atoms with van der Waals surface area (Å²) in [5, 5.41) is 2.11. The molecule has 2 aromatic heterocycles. The third-order valence-electron chi connectivity index (χ3n) is 1.55. The van der Waals surface area contributed by atoms with E-state index in [2.05, 4.69) is 20.9 Å². The van der Waals surface area contributed by atoms with E-state index in [9.17, 15) is 0 Å². The Morgan fingerprint density at radius 1 is 1.50 bits per heavy atom. The van der Waals surface area contributed by atoms with Gasteiger partial charge in [0.05, 0.1) is 0 Å². The molecule has 2 aromatic rings. The lowest BCUT2D eigenvalue weighted by atomic mass is 10.2. The third kappa shape index (κ3) is 1.34. The van der Waals surface area contributed by atoms with Crippen LogP contribution in [0.25, 0.3) is 11.1 Å². The van der Waals surface area contributed by atoms with Crippen LogP contribution in [0.1, 0.15) is 5.56 Å². The van der Waals surface area contributed by atoms with Gasteiger partial charge < -0.3 is 4.42 Å². The maximum Gasteiger partial charge on any atom is 0.227 e. The van der Waals surface area contributed by atoms with Crippen molar-refractivity contribution >= 4 is 38.6 Å². The molecule has 0 fully saturated rings. The Morgan fingerprint density at radius 2 is 2.33 bits per heavy atom. The number of hydrogen-bond donors (Lipinski definition) is 0. The van der Waals surface area contributed by atoms with Gasteiger partial charge in [0.25, 0.3) is 0 Å². The standard InChI is InChI=1S/C8H5BrClNO/c9-3-5-1-6-2-7(10)12-8(6)11-4-5/h1-2,4H,3H2. The van der Waals surface area contributed by atoms with Crippen LogP contribution < -0.4 is 0 Å². The summed E-state index contributed by atoms with van der Waals surface area (Å²) in [6, 6.07) is 3.75. The van der Waals surface area contributed by atoms with Gasteiger partial charge in [0.1, 0.15) is 0 Å². The molecule has 2 rings (SSSR count). The lowest BCUT2D eigenvalue weighted by molar-refractivity contribution is 0.605. The zero-order chi connectivity index (χ0) is 8.55. The summed E-state index contributed by atoms with van der Waals surface area (Å²) < 4.78 is 5.11. The lowest BCUT2D eigenvalue weighted by Gasteiger charge is -1.91. The highest BCUT2D eigenvalue weighted by molar-refractivity contribution is 9.08. The molecule has 0 aliphatic carbocycles. The second-order valence-electron chi connectivity index (χ2n) is 2.42. The number of hydrogen-bond acceptors (Lipinski definition) is 2. The molecule has 0 atom stereocenters. The van der Waals surface area contributed by atoms with Crippen molar-refractivity contribution in [3.63, 3.8) is 0 Å². The van der Waals surface area contributed by atoms with Crippen molar-refractivity contribution < 1.29 is 4.42 Å². The van der Waals surface area contributed by atoms with Gasteiger partial charge in [-0.3, -0.25) is 0 Å². The van der Waals surface area contributed by atoms with Gasteiger partial charge in [0.2, 0.25) is 5.71 Å². The number of aromatic nitrogens is 1. The van der Waals surface area contributed by atoms with Crippen LogP contribution in [-0.4, -0.2) is 4.98 Å². The highest BCUT2D eigenvalue weighted by Gasteiger charge is 2.02. The van der Waals surface area contributed by atoms with E-state index in [0.29, 0.717) is 10.9 Å². The monoisotopic (exact) mass is 245 g/mol. The van der Waals surface area contributed by atoms with Crippen LogP contribution in [0.15, 0.2) is 22.7 Å². The molecule has 0 saturated heterocycles. The molecule has 2 heterocycles. The van der Waals surface area contributed by atoms with Gasteiger partial charge in [-0.15, -0.1) is 0 Å². The molecule has 0 spiro atoms. The molecule has 0 aliphatic rings. The van der Waals surface area contributed by atoms with E-state index in [1.54, 1.807) is 12.3 Å². The van der Waals surface area contributed by atoms with Crippen molar-refractivity contribution in [2.45, 2.75) is 5.33 Å². The van der Waals surface area contributed by atoms with Crippen molar-refractivity contribution in [3.05, 3.63) is 29.1 Å². The Hall–Kier alpha value is -0.540. The quantitative estimate of drug-likeness (QED) is 0.721. The van der Waals surface area contributed by atoms with Crippen LogP contribution >= 0.6 is 27.5 Å². The minimum atomic E-state index is 0.379. The SMILES string of the molecule is Clc1cc2cc(CBr)cnc2o1. The highest BCUT2D eigenvalue weighted by atomic mass is 79.9. The molecule has 0 aromatic carbocycles. The summed E-state index contributed by atoms with van der Waals surface area (Å²) in [6.45, 7) is 0. The predicted octanol–water partition coefficient (Wildman–Crippen LogP) is 3.38. The zero-order valence-corrected chi connectivity index (χ0v) is 8.39. The Kier molecular flexibility index (Phi) is 2.07. The number of rotatable bonds is 1. The number of halogens is 2. The Labute approximate surface area is 82.7 Å². The summed E-state index contributed by atoms with van der Waals surface area (Å²) >= 11 is 9.01. The van der Waals surface area contributed by atoms with Crippen LogP contribution in [0.2, 0.25) is 5.22 Å². The average molecular weight is 246 g/mol. The van der Waals surface area contributed by atoms with E-state index in [-0.39, 0.29) is 0 Å². The lowest BCUT2D eigenvalue weighted by Crippen LogP contribution is -1.78. The zero-order valence-electron chi connectivity index (χ0n) is 6.05. The molecule has 0 radical (unpaired) electrons. The van der Waals surface area contributed by atoms with E-state index < -0.39 is 0 Å². The fourth-order valence-corrected chi connectivity index (χ4v) is 1.52. The molecular formula is C8H5BrClNO. The number of alkyl halides is 1. The second-order valence-corrected chi connectivity index (χ2v) is 3.36. The predicted molar refractivity (Wildman–Crippen MR) is 51.7 cm³/mol. The van der Waals surface area contributed by atoms with Crippen molar-refractivity contribution in [1.82, 2.24) is 4.98 Å². The summed E-state index contributed by atoms with van der Waals surface area (Å²) in [7, 11) is 0. The maximum absolute atomic E-state index is 5.66. The third-order valence-corrected chi connectivity index (χ3v) is 2.39. The van der Waals surface area contributed by atoms with Gasteiger partial charge in [0.15, 0.2) is 5.22 Å². The Balaban J connectivity index is 2.66. The molecule has 0 unspecified atom stereocenters. The molecule has 0 aliphatic heterocycles. The van der Waals surface area contributed by atoms with Crippen LogP contribution in [0.5, 0.6) is 0 Å². The molecule has 0 N–H and O–H groups in total. The topological polar surface area (TPSA) is 26.0 Å². The van der Waals surface area contributed by atoms with E-state index in [1.807, 2.05) is 6.07 Å². The molecule has 2 nitrogen and oxygen atoms in total. The number of fused-ring (bicyclic) bond motifs is 1. The number of nitrogens with zero attached hydrogens (tertiary/aromatic N) is 1. The van der Waals surface area contributed by atoms with Gasteiger partial charge in [-0.05, 0) is 23.2 Å².